The Morgan fingerprint density at radius 1 is 1.11 bits per heavy atom. The molecule has 12 heteroatoms. The molecule has 0 radical (unpaired) electrons. The lowest BCUT2D eigenvalue weighted by Gasteiger charge is -2.22. The van der Waals surface area contributed by atoms with Crippen LogP contribution in [0.25, 0.3) is 10.9 Å². The number of fused-ring (bicyclic) bond motifs is 1. The quantitative estimate of drug-likeness (QED) is 0.335. The summed E-state index contributed by atoms with van der Waals surface area (Å²) < 4.78 is 10.8. The van der Waals surface area contributed by atoms with E-state index in [4.69, 9.17) is 29.9 Å². The Morgan fingerprint density at radius 2 is 1.76 bits per heavy atom. The number of aliphatic hydroxyl groups is 1. The zero-order chi connectivity index (χ0) is 27.8. The third kappa shape index (κ3) is 8.85. The molecule has 4 N–H and O–H groups in total. The molecule has 1 aliphatic heterocycles. The highest BCUT2D eigenvalue weighted by Crippen LogP contribution is 2.27. The number of pyridine rings is 1. The van der Waals surface area contributed by atoms with Gasteiger partial charge in [0.1, 0.15) is 5.75 Å². The van der Waals surface area contributed by atoms with Gasteiger partial charge in [-0.15, -0.1) is 0 Å². The molecule has 1 atom stereocenters. The van der Waals surface area contributed by atoms with Crippen LogP contribution in [0.3, 0.4) is 0 Å². The molecule has 12 nitrogen and oxygen atoms in total. The van der Waals surface area contributed by atoms with Crippen LogP contribution < -0.4 is 9.47 Å². The first-order valence-corrected chi connectivity index (χ1v) is 11.6. The number of benzene rings is 1. The third-order valence-electron chi connectivity index (χ3n) is 6.04. The van der Waals surface area contributed by atoms with Crippen molar-refractivity contribution in [2.75, 3.05) is 47.9 Å². The van der Waals surface area contributed by atoms with Gasteiger partial charge in [-0.25, -0.2) is 9.78 Å². The summed E-state index contributed by atoms with van der Waals surface area (Å²) in [6, 6.07) is 8.14. The van der Waals surface area contributed by atoms with Gasteiger partial charge < -0.3 is 39.7 Å². The van der Waals surface area contributed by atoms with E-state index in [2.05, 4.69) is 41.0 Å². The van der Waals surface area contributed by atoms with Gasteiger partial charge in [-0.1, -0.05) is 0 Å². The van der Waals surface area contributed by atoms with Crippen molar-refractivity contribution in [1.82, 2.24) is 14.8 Å². The summed E-state index contributed by atoms with van der Waals surface area (Å²) >= 11 is 0. The zero-order valence-electron chi connectivity index (χ0n) is 21.5. The van der Waals surface area contributed by atoms with E-state index in [1.807, 2.05) is 12.1 Å². The Kier molecular flexibility index (Phi) is 10.6. The predicted octanol–water partition coefficient (Wildman–Crippen LogP) is 1.39. The molecular formula is C25H35N3O9. The number of nitrogens with zero attached hydrogens (tertiary/aromatic N) is 3. The molecule has 0 saturated carbocycles. The first kappa shape index (κ1) is 29.7. The van der Waals surface area contributed by atoms with Crippen molar-refractivity contribution >= 4 is 28.8 Å². The standard InChI is InChI=1S/C19H27N3O2.C6H8O7/c1-21-8-7-14(11-21)12-22(2)13-16-9-15-5-6-17(23-3)10-18(15)20-19(16)24-4;7-3(8)1-6(13,5(11)12)2-4(9)10/h5-6,9-10,14H,7-8,11-13H2,1-4H3;13H,1-2H2,(H,7,8)(H,9,10)(H,11,12). The van der Waals surface area contributed by atoms with Gasteiger partial charge in [-0.3, -0.25) is 9.59 Å². The highest BCUT2D eigenvalue weighted by atomic mass is 16.5. The summed E-state index contributed by atoms with van der Waals surface area (Å²) in [4.78, 5) is 39.9. The summed E-state index contributed by atoms with van der Waals surface area (Å²) in [6.07, 6.45) is -1.00. The third-order valence-corrected chi connectivity index (χ3v) is 6.04. The normalized spacial score (nSPS) is 15.8. The van der Waals surface area contributed by atoms with Crippen LogP contribution in [0.1, 0.15) is 24.8 Å². The zero-order valence-corrected chi connectivity index (χ0v) is 21.5. The van der Waals surface area contributed by atoms with Gasteiger partial charge in [0.25, 0.3) is 0 Å². The summed E-state index contributed by atoms with van der Waals surface area (Å²) in [5, 5.41) is 34.9. The van der Waals surface area contributed by atoms with Gasteiger partial charge in [0.15, 0.2) is 5.60 Å². The number of hydrogen-bond donors (Lipinski definition) is 4. The number of ether oxygens (including phenoxy) is 2. The summed E-state index contributed by atoms with van der Waals surface area (Å²) in [5.41, 5.74) is -0.712. The van der Waals surface area contributed by atoms with Crippen LogP contribution in [0.5, 0.6) is 11.6 Å². The smallest absolute Gasteiger partial charge is 0.336 e. The molecule has 204 valence electrons. The molecule has 2 aromatic rings. The maximum atomic E-state index is 10.3. The lowest BCUT2D eigenvalue weighted by molar-refractivity contribution is -0.170. The molecule has 37 heavy (non-hydrogen) atoms. The molecule has 1 unspecified atom stereocenters. The molecule has 1 aromatic heterocycles. The fourth-order valence-electron chi connectivity index (χ4n) is 4.28. The van der Waals surface area contributed by atoms with Gasteiger partial charge in [0.05, 0.1) is 32.6 Å². The van der Waals surface area contributed by atoms with E-state index in [1.54, 1.807) is 14.2 Å². The van der Waals surface area contributed by atoms with Crippen LogP contribution in [0.4, 0.5) is 0 Å². The van der Waals surface area contributed by atoms with E-state index < -0.39 is 36.4 Å². The van der Waals surface area contributed by atoms with Crippen LogP contribution in [-0.2, 0) is 20.9 Å². The number of methoxy groups -OCH3 is 2. The van der Waals surface area contributed by atoms with E-state index in [1.165, 1.54) is 19.5 Å². The van der Waals surface area contributed by atoms with Crippen molar-refractivity contribution in [2.45, 2.75) is 31.4 Å². The SMILES string of the molecule is COc1ccc2cc(CN(C)CC3CCN(C)C3)c(OC)nc2c1.O=C(O)CC(O)(CC(=O)O)C(=O)O. The van der Waals surface area contributed by atoms with Crippen molar-refractivity contribution in [3.8, 4) is 11.6 Å². The van der Waals surface area contributed by atoms with Gasteiger partial charge in [0, 0.05) is 36.7 Å². The summed E-state index contributed by atoms with van der Waals surface area (Å²) in [6.45, 7) is 4.35. The summed E-state index contributed by atoms with van der Waals surface area (Å²) in [5.74, 6) is -2.75. The average Bonchev–Trinajstić information content (AvgIpc) is 3.21. The van der Waals surface area contributed by atoms with Gasteiger partial charge in [-0.2, -0.15) is 0 Å². The second kappa shape index (κ2) is 13.2. The molecule has 3 rings (SSSR count). The molecular weight excluding hydrogens is 486 g/mol. The van der Waals surface area contributed by atoms with Crippen LogP contribution in [0.15, 0.2) is 24.3 Å². The van der Waals surface area contributed by atoms with Gasteiger partial charge in [0.2, 0.25) is 5.88 Å². The number of carboxylic acids is 3. The van der Waals surface area contributed by atoms with E-state index in [0.29, 0.717) is 5.88 Å². The Labute approximate surface area is 215 Å². The van der Waals surface area contributed by atoms with Crippen molar-refractivity contribution < 1.29 is 44.3 Å². The number of aromatic nitrogens is 1. The second-order valence-corrected chi connectivity index (χ2v) is 9.31. The molecule has 1 fully saturated rings. The molecule has 1 aromatic carbocycles. The molecule has 0 bridgehead atoms. The Balaban J connectivity index is 0.000000317. The topological polar surface area (TPSA) is 170 Å². The van der Waals surface area contributed by atoms with Crippen molar-refractivity contribution in [3.05, 3.63) is 29.8 Å². The molecule has 0 amide bonds. The molecule has 2 heterocycles. The minimum absolute atomic E-state index is 0.700. The van der Waals surface area contributed by atoms with Gasteiger partial charge in [-0.05, 0) is 51.2 Å². The first-order valence-electron chi connectivity index (χ1n) is 11.6. The lowest BCUT2D eigenvalue weighted by atomic mass is 9.96. The minimum atomic E-state index is -2.74. The minimum Gasteiger partial charge on any atom is -0.497 e. The number of hydrogen-bond acceptors (Lipinski definition) is 9. The average molecular weight is 522 g/mol. The van der Waals surface area contributed by atoms with E-state index in [-0.39, 0.29) is 0 Å². The highest BCUT2D eigenvalue weighted by molar-refractivity contribution is 5.88. The summed E-state index contributed by atoms with van der Waals surface area (Å²) in [7, 11) is 7.73. The molecule has 0 aliphatic carbocycles. The molecule has 1 saturated heterocycles. The predicted molar refractivity (Wildman–Crippen MR) is 134 cm³/mol. The Bertz CT molecular complexity index is 1090. The van der Waals surface area contributed by atoms with Gasteiger partial charge >= 0.3 is 17.9 Å². The lowest BCUT2D eigenvalue weighted by Crippen LogP contribution is -2.42. The fourth-order valence-corrected chi connectivity index (χ4v) is 4.28. The van der Waals surface area contributed by atoms with E-state index in [9.17, 15) is 14.4 Å². The number of likely N-dealkylation sites (tertiary alicyclic amines) is 1. The number of rotatable bonds is 11. The molecule has 1 aliphatic rings. The largest absolute Gasteiger partial charge is 0.497 e. The first-order chi connectivity index (χ1) is 17.4. The van der Waals surface area contributed by atoms with Crippen molar-refractivity contribution in [3.63, 3.8) is 0 Å². The highest BCUT2D eigenvalue weighted by Gasteiger charge is 2.40. The Hall–Kier alpha value is -3.48. The van der Waals surface area contributed by atoms with Crippen molar-refractivity contribution in [1.29, 1.82) is 0 Å². The monoisotopic (exact) mass is 521 g/mol. The molecule has 0 spiro atoms. The second-order valence-electron chi connectivity index (χ2n) is 9.31. The maximum absolute atomic E-state index is 10.3. The van der Waals surface area contributed by atoms with E-state index in [0.717, 1.165) is 41.2 Å². The fraction of sp³-hybridized carbons (Fsp3) is 0.520. The van der Waals surface area contributed by atoms with Crippen molar-refractivity contribution in [2.24, 2.45) is 5.92 Å². The number of carbonyl (C=O) groups is 3. The van der Waals surface area contributed by atoms with Crippen LogP contribution in [0.2, 0.25) is 0 Å². The number of aliphatic carboxylic acids is 3. The van der Waals surface area contributed by atoms with E-state index >= 15 is 0 Å². The maximum Gasteiger partial charge on any atom is 0.336 e. The van der Waals surface area contributed by atoms with Crippen LogP contribution in [0, 0.1) is 5.92 Å². The van der Waals surface area contributed by atoms with Crippen LogP contribution in [-0.4, -0.2) is 107 Å². The number of carboxylic acid groups (broad SMARTS) is 3. The Morgan fingerprint density at radius 3 is 2.24 bits per heavy atom. The van der Waals surface area contributed by atoms with Crippen LogP contribution >= 0.6 is 0 Å².